The molecule has 6 heteroatoms. The number of carbonyl (C=O) groups excluding carboxylic acids is 1. The van der Waals surface area contributed by atoms with Crippen LogP contribution in [-0.4, -0.2) is 31.7 Å². The number of aryl methyl sites for hydroxylation is 1. The topological polar surface area (TPSA) is 66.5 Å². The molecule has 0 bridgehead atoms. The molecule has 1 amide bonds. The Morgan fingerprint density at radius 1 is 1.15 bits per heavy atom. The van der Waals surface area contributed by atoms with E-state index in [1.54, 1.807) is 19.2 Å². The Balaban J connectivity index is 1.82. The number of benzene rings is 2. The van der Waals surface area contributed by atoms with Gasteiger partial charge in [0.25, 0.3) is 5.91 Å². The summed E-state index contributed by atoms with van der Waals surface area (Å²) < 4.78 is 26.6. The van der Waals surface area contributed by atoms with Gasteiger partial charge in [-0.25, -0.2) is 8.42 Å². The first-order valence-corrected chi connectivity index (χ1v) is 10.2. The first kappa shape index (κ1) is 18.6. The zero-order valence-corrected chi connectivity index (χ0v) is 16.1. The lowest BCUT2D eigenvalue weighted by Gasteiger charge is -2.21. The molecule has 1 aliphatic rings. The van der Waals surface area contributed by atoms with E-state index in [9.17, 15) is 13.2 Å². The number of carbonyl (C=O) groups is 1. The lowest BCUT2D eigenvalue weighted by atomic mass is 10.1. The van der Waals surface area contributed by atoms with E-state index < -0.39 is 10.0 Å². The molecule has 0 saturated carbocycles. The van der Waals surface area contributed by atoms with Crippen LogP contribution in [0.5, 0.6) is 0 Å². The minimum atomic E-state index is -3.62. The number of sulfonamides is 1. The molecule has 0 spiro atoms. The molecule has 0 fully saturated rings. The second-order valence-electron chi connectivity index (χ2n) is 6.91. The number of nitrogens with zero attached hydrogens (tertiary/aromatic N) is 1. The molecule has 1 N–H and O–H groups in total. The van der Waals surface area contributed by atoms with Crippen LogP contribution in [-0.2, 0) is 16.4 Å². The maximum Gasteiger partial charge on any atom is 0.251 e. The molecule has 3 rings (SSSR count). The summed E-state index contributed by atoms with van der Waals surface area (Å²) in [5, 5.41) is 3.03. The maximum atomic E-state index is 12.7. The number of nitrogens with one attached hydrogen (secondary N) is 1. The van der Waals surface area contributed by atoms with Crippen molar-refractivity contribution in [2.24, 2.45) is 0 Å². The number of fused-ring (bicyclic) bond motifs is 1. The van der Waals surface area contributed by atoms with Crippen LogP contribution >= 0.6 is 0 Å². The molecule has 5 nitrogen and oxygen atoms in total. The highest BCUT2D eigenvalue weighted by molar-refractivity contribution is 7.89. The van der Waals surface area contributed by atoms with Crippen molar-refractivity contribution >= 4 is 15.9 Å². The first-order valence-electron chi connectivity index (χ1n) is 8.77. The van der Waals surface area contributed by atoms with Crippen molar-refractivity contribution in [1.29, 1.82) is 0 Å². The SMILES string of the molecule is CC(C)N(C)S(=O)(=O)c1cccc(C(=O)N[C@@H]2CCc3ccccc32)c1. The Bertz CT molecular complexity index is 922. The van der Waals surface area contributed by atoms with Gasteiger partial charge in [-0.3, -0.25) is 4.79 Å². The third kappa shape index (κ3) is 3.52. The van der Waals surface area contributed by atoms with Crippen molar-refractivity contribution in [2.75, 3.05) is 7.05 Å². The highest BCUT2D eigenvalue weighted by atomic mass is 32.2. The monoisotopic (exact) mass is 372 g/mol. The predicted octanol–water partition coefficient (Wildman–Crippen LogP) is 3.13. The van der Waals surface area contributed by atoms with E-state index in [1.807, 2.05) is 32.0 Å². The van der Waals surface area contributed by atoms with Gasteiger partial charge in [0.2, 0.25) is 10.0 Å². The van der Waals surface area contributed by atoms with E-state index in [-0.39, 0.29) is 22.9 Å². The smallest absolute Gasteiger partial charge is 0.251 e. The van der Waals surface area contributed by atoms with Gasteiger partial charge < -0.3 is 5.32 Å². The molecule has 0 aromatic heterocycles. The van der Waals surface area contributed by atoms with Crippen LogP contribution in [0.4, 0.5) is 0 Å². The van der Waals surface area contributed by atoms with Crippen LogP contribution in [0.25, 0.3) is 0 Å². The van der Waals surface area contributed by atoms with Crippen molar-refractivity contribution in [3.63, 3.8) is 0 Å². The van der Waals surface area contributed by atoms with Gasteiger partial charge in [-0.1, -0.05) is 30.3 Å². The van der Waals surface area contributed by atoms with Crippen molar-refractivity contribution in [3.05, 3.63) is 65.2 Å². The summed E-state index contributed by atoms with van der Waals surface area (Å²) in [6, 6.07) is 14.1. The van der Waals surface area contributed by atoms with E-state index in [2.05, 4.69) is 11.4 Å². The standard InChI is InChI=1S/C20H24N2O3S/c1-14(2)22(3)26(24,25)17-9-6-8-16(13-17)20(23)21-19-12-11-15-7-4-5-10-18(15)19/h4-10,13-14,19H,11-12H2,1-3H3,(H,21,23)/t19-/m1/s1. The number of hydrogen-bond acceptors (Lipinski definition) is 3. The molecular formula is C20H24N2O3S. The van der Waals surface area contributed by atoms with Crippen LogP contribution in [0.3, 0.4) is 0 Å². The second-order valence-corrected chi connectivity index (χ2v) is 8.90. The largest absolute Gasteiger partial charge is 0.345 e. The average Bonchev–Trinajstić information content (AvgIpc) is 3.04. The van der Waals surface area contributed by atoms with E-state index in [0.29, 0.717) is 5.56 Å². The molecule has 0 saturated heterocycles. The Labute approximate surface area is 155 Å². The van der Waals surface area contributed by atoms with E-state index >= 15 is 0 Å². The van der Waals surface area contributed by atoms with Gasteiger partial charge in [0.1, 0.15) is 0 Å². The summed E-state index contributed by atoms with van der Waals surface area (Å²) in [7, 11) is -2.07. The van der Waals surface area contributed by atoms with Gasteiger partial charge >= 0.3 is 0 Å². The number of hydrogen-bond donors (Lipinski definition) is 1. The van der Waals surface area contributed by atoms with E-state index in [4.69, 9.17) is 0 Å². The molecule has 26 heavy (non-hydrogen) atoms. The van der Waals surface area contributed by atoms with Crippen molar-refractivity contribution in [2.45, 2.75) is 43.7 Å². The molecule has 0 heterocycles. The molecule has 0 unspecified atom stereocenters. The molecule has 1 aliphatic carbocycles. The fourth-order valence-corrected chi connectivity index (χ4v) is 4.60. The van der Waals surface area contributed by atoms with Crippen molar-refractivity contribution in [3.8, 4) is 0 Å². The molecular weight excluding hydrogens is 348 g/mol. The van der Waals surface area contributed by atoms with Crippen LogP contribution in [0.15, 0.2) is 53.4 Å². The Morgan fingerprint density at radius 3 is 2.62 bits per heavy atom. The second kappa shape index (κ2) is 7.21. The quantitative estimate of drug-likeness (QED) is 0.877. The summed E-state index contributed by atoms with van der Waals surface area (Å²) in [4.78, 5) is 12.8. The number of rotatable bonds is 5. The van der Waals surface area contributed by atoms with Crippen molar-refractivity contribution in [1.82, 2.24) is 9.62 Å². The Morgan fingerprint density at radius 2 is 1.88 bits per heavy atom. The third-order valence-electron chi connectivity index (χ3n) is 4.94. The van der Waals surface area contributed by atoms with E-state index in [1.165, 1.54) is 22.0 Å². The molecule has 0 radical (unpaired) electrons. The van der Waals surface area contributed by atoms with Crippen LogP contribution in [0, 0.1) is 0 Å². The fraction of sp³-hybridized carbons (Fsp3) is 0.350. The molecule has 0 aliphatic heterocycles. The molecule has 1 atom stereocenters. The minimum absolute atomic E-state index is 0.0303. The lowest BCUT2D eigenvalue weighted by Crippen LogP contribution is -2.33. The summed E-state index contributed by atoms with van der Waals surface area (Å²) in [5.74, 6) is -0.254. The van der Waals surface area contributed by atoms with Crippen LogP contribution in [0.2, 0.25) is 0 Å². The molecule has 2 aromatic carbocycles. The Hall–Kier alpha value is -2.18. The van der Waals surface area contributed by atoms with Gasteiger partial charge in [-0.15, -0.1) is 0 Å². The highest BCUT2D eigenvalue weighted by Crippen LogP contribution is 2.31. The summed E-state index contributed by atoms with van der Waals surface area (Å²) in [6.45, 7) is 3.62. The first-order chi connectivity index (χ1) is 12.3. The molecule has 138 valence electrons. The lowest BCUT2D eigenvalue weighted by molar-refractivity contribution is 0.0936. The maximum absolute atomic E-state index is 12.7. The minimum Gasteiger partial charge on any atom is -0.345 e. The van der Waals surface area contributed by atoms with Crippen LogP contribution in [0.1, 0.15) is 47.8 Å². The van der Waals surface area contributed by atoms with Crippen LogP contribution < -0.4 is 5.32 Å². The van der Waals surface area contributed by atoms with Gasteiger partial charge in [-0.2, -0.15) is 4.31 Å². The summed E-state index contributed by atoms with van der Waals surface area (Å²) >= 11 is 0. The summed E-state index contributed by atoms with van der Waals surface area (Å²) in [6.07, 6.45) is 1.80. The Kier molecular flexibility index (Phi) is 5.16. The molecule has 2 aromatic rings. The predicted molar refractivity (Wildman–Crippen MR) is 101 cm³/mol. The fourth-order valence-electron chi connectivity index (χ4n) is 3.19. The normalized spacial score (nSPS) is 16.7. The number of amides is 1. The van der Waals surface area contributed by atoms with Gasteiger partial charge in [-0.05, 0) is 56.0 Å². The third-order valence-corrected chi connectivity index (χ3v) is 6.97. The summed E-state index contributed by atoms with van der Waals surface area (Å²) in [5.41, 5.74) is 2.75. The van der Waals surface area contributed by atoms with E-state index in [0.717, 1.165) is 18.4 Å². The van der Waals surface area contributed by atoms with Gasteiger partial charge in [0, 0.05) is 18.7 Å². The van der Waals surface area contributed by atoms with Crippen molar-refractivity contribution < 1.29 is 13.2 Å². The zero-order valence-electron chi connectivity index (χ0n) is 15.3. The van der Waals surface area contributed by atoms with Gasteiger partial charge in [0.05, 0.1) is 10.9 Å². The average molecular weight is 372 g/mol. The van der Waals surface area contributed by atoms with Gasteiger partial charge in [0.15, 0.2) is 0 Å². The highest BCUT2D eigenvalue weighted by Gasteiger charge is 2.26. The zero-order chi connectivity index (χ0) is 18.9.